The number of carbonyl (C=O) groups is 2. The molecule has 1 amide bonds. The van der Waals surface area contributed by atoms with E-state index in [9.17, 15) is 14.7 Å². The lowest BCUT2D eigenvalue weighted by molar-refractivity contribution is -0.140. The van der Waals surface area contributed by atoms with E-state index in [1.807, 2.05) is 32.0 Å². The van der Waals surface area contributed by atoms with Crippen molar-refractivity contribution >= 4 is 17.4 Å². The Bertz CT molecular complexity index is 1270. The van der Waals surface area contributed by atoms with E-state index in [1.165, 1.54) is 11.2 Å². The van der Waals surface area contributed by atoms with Crippen molar-refractivity contribution in [3.63, 3.8) is 0 Å². The van der Waals surface area contributed by atoms with Crippen molar-refractivity contribution in [1.82, 2.24) is 4.90 Å². The number of likely N-dealkylation sites (tertiary alicyclic amines) is 1. The number of benzene rings is 2. The van der Waals surface area contributed by atoms with Gasteiger partial charge in [0.15, 0.2) is 11.5 Å². The molecule has 1 N–H and O–H groups in total. The lowest BCUT2D eigenvalue weighted by atomic mass is 9.98. The SMILES string of the molecule is Cc1ccc(C)c(CN2C(=O)C(=O)/C(=C(\O)c3ccc4c(c3)OCCO4)C2c2ccco2)c1. The Hall–Kier alpha value is -4.00. The highest BCUT2D eigenvalue weighted by Crippen LogP contribution is 2.42. The number of ketones is 1. The van der Waals surface area contributed by atoms with Gasteiger partial charge in [0.2, 0.25) is 0 Å². The average molecular weight is 445 g/mol. The van der Waals surface area contributed by atoms with Gasteiger partial charge in [-0.1, -0.05) is 23.8 Å². The third kappa shape index (κ3) is 3.65. The summed E-state index contributed by atoms with van der Waals surface area (Å²) in [5, 5.41) is 11.2. The summed E-state index contributed by atoms with van der Waals surface area (Å²) < 4.78 is 16.8. The van der Waals surface area contributed by atoms with Gasteiger partial charge in [-0.2, -0.15) is 0 Å². The minimum atomic E-state index is -0.854. The normalized spacial score (nSPS) is 19.2. The predicted octanol–water partition coefficient (Wildman–Crippen LogP) is 4.29. The van der Waals surface area contributed by atoms with Crippen LogP contribution in [0.15, 0.2) is 64.8 Å². The minimum Gasteiger partial charge on any atom is -0.507 e. The standard InChI is InChI=1S/C26H23NO6/c1-15-5-6-16(2)18(12-15)14-27-23(20-4-3-9-31-20)22(25(29)26(27)30)24(28)17-7-8-19-21(13-17)33-11-10-32-19/h3-9,12-13,23,28H,10-11,14H2,1-2H3/b24-22-. The van der Waals surface area contributed by atoms with Gasteiger partial charge in [-0.05, 0) is 55.3 Å². The van der Waals surface area contributed by atoms with Crippen LogP contribution >= 0.6 is 0 Å². The first-order valence-corrected chi connectivity index (χ1v) is 10.7. The molecule has 0 spiro atoms. The van der Waals surface area contributed by atoms with Gasteiger partial charge in [0.05, 0.1) is 11.8 Å². The molecule has 0 saturated carbocycles. The molecule has 1 saturated heterocycles. The van der Waals surface area contributed by atoms with E-state index in [2.05, 4.69) is 0 Å². The summed E-state index contributed by atoms with van der Waals surface area (Å²) in [4.78, 5) is 27.7. The molecular weight excluding hydrogens is 422 g/mol. The Morgan fingerprint density at radius 3 is 2.58 bits per heavy atom. The van der Waals surface area contributed by atoms with Gasteiger partial charge in [-0.15, -0.1) is 0 Å². The zero-order valence-corrected chi connectivity index (χ0v) is 18.3. The van der Waals surface area contributed by atoms with Gasteiger partial charge >= 0.3 is 0 Å². The van der Waals surface area contributed by atoms with E-state index in [0.29, 0.717) is 36.0 Å². The van der Waals surface area contributed by atoms with Gasteiger partial charge < -0.3 is 23.9 Å². The fourth-order valence-electron chi connectivity index (χ4n) is 4.29. The van der Waals surface area contributed by atoms with E-state index >= 15 is 0 Å². The maximum absolute atomic E-state index is 13.2. The van der Waals surface area contributed by atoms with E-state index in [1.54, 1.807) is 30.3 Å². The number of ether oxygens (including phenoxy) is 2. The Morgan fingerprint density at radius 1 is 1.03 bits per heavy atom. The van der Waals surface area contributed by atoms with Gasteiger partial charge in [0, 0.05) is 12.1 Å². The number of amides is 1. The molecule has 3 heterocycles. The first-order valence-electron chi connectivity index (χ1n) is 10.7. The van der Waals surface area contributed by atoms with Crippen molar-refractivity contribution in [2.24, 2.45) is 0 Å². The third-order valence-electron chi connectivity index (χ3n) is 6.01. The number of nitrogens with zero attached hydrogens (tertiary/aromatic N) is 1. The highest BCUT2D eigenvalue weighted by atomic mass is 16.6. The number of hydrogen-bond acceptors (Lipinski definition) is 6. The second kappa shape index (κ2) is 8.16. The zero-order chi connectivity index (χ0) is 23.1. The van der Waals surface area contributed by atoms with Crippen molar-refractivity contribution in [2.45, 2.75) is 26.4 Å². The van der Waals surface area contributed by atoms with E-state index in [4.69, 9.17) is 13.9 Å². The molecular formula is C26H23NO6. The zero-order valence-electron chi connectivity index (χ0n) is 18.3. The number of fused-ring (bicyclic) bond motifs is 1. The van der Waals surface area contributed by atoms with Crippen LogP contribution in [0.4, 0.5) is 0 Å². The second-order valence-electron chi connectivity index (χ2n) is 8.23. The summed E-state index contributed by atoms with van der Waals surface area (Å²) in [6, 6.07) is 13.4. The highest BCUT2D eigenvalue weighted by molar-refractivity contribution is 6.46. The van der Waals surface area contributed by atoms with Crippen molar-refractivity contribution in [1.29, 1.82) is 0 Å². The molecule has 1 fully saturated rings. The van der Waals surface area contributed by atoms with Crippen LogP contribution in [0, 0.1) is 13.8 Å². The monoisotopic (exact) mass is 445 g/mol. The quantitative estimate of drug-likeness (QED) is 0.366. The highest BCUT2D eigenvalue weighted by Gasteiger charge is 2.47. The number of furan rings is 1. The summed E-state index contributed by atoms with van der Waals surface area (Å²) in [7, 11) is 0. The molecule has 1 aromatic heterocycles. The fraction of sp³-hybridized carbons (Fsp3) is 0.231. The number of carbonyl (C=O) groups excluding carboxylic acids is 2. The van der Waals surface area contributed by atoms with E-state index < -0.39 is 17.7 Å². The molecule has 7 heteroatoms. The van der Waals surface area contributed by atoms with Crippen LogP contribution < -0.4 is 9.47 Å². The Morgan fingerprint density at radius 2 is 1.82 bits per heavy atom. The molecule has 2 aliphatic heterocycles. The molecule has 1 unspecified atom stereocenters. The topological polar surface area (TPSA) is 89.2 Å². The molecule has 168 valence electrons. The predicted molar refractivity (Wildman–Crippen MR) is 120 cm³/mol. The molecule has 3 aromatic rings. The number of Topliss-reactive ketones (excluding diaryl/α,β-unsaturated/α-hetero) is 1. The minimum absolute atomic E-state index is 0.0167. The van der Waals surface area contributed by atoms with E-state index in [-0.39, 0.29) is 17.9 Å². The van der Waals surface area contributed by atoms with Crippen LogP contribution in [0.25, 0.3) is 5.76 Å². The lowest BCUT2D eigenvalue weighted by Crippen LogP contribution is -2.29. The maximum atomic E-state index is 13.2. The largest absolute Gasteiger partial charge is 0.507 e. The number of aliphatic hydroxyl groups excluding tert-OH is 1. The molecule has 0 aliphatic carbocycles. The summed E-state index contributed by atoms with van der Waals surface area (Å²) in [6.07, 6.45) is 1.48. The smallest absolute Gasteiger partial charge is 0.296 e. The molecule has 2 aliphatic rings. The maximum Gasteiger partial charge on any atom is 0.296 e. The van der Waals surface area contributed by atoms with E-state index in [0.717, 1.165) is 16.7 Å². The van der Waals surface area contributed by atoms with Crippen molar-refractivity contribution in [3.05, 3.63) is 88.4 Å². The van der Waals surface area contributed by atoms with Crippen molar-refractivity contribution < 1.29 is 28.6 Å². The van der Waals surface area contributed by atoms with Gasteiger partial charge in [-0.25, -0.2) is 0 Å². The van der Waals surface area contributed by atoms with Gasteiger partial charge in [0.25, 0.3) is 11.7 Å². The first kappa shape index (κ1) is 20.9. The molecule has 2 aromatic carbocycles. The van der Waals surface area contributed by atoms with Crippen LogP contribution in [0.2, 0.25) is 0 Å². The number of aryl methyl sites for hydroxylation is 2. The summed E-state index contributed by atoms with van der Waals surface area (Å²) in [6.45, 7) is 4.98. The molecule has 1 atom stereocenters. The Labute approximate surface area is 190 Å². The summed E-state index contributed by atoms with van der Waals surface area (Å²) in [5.74, 6) is -0.278. The van der Waals surface area contributed by atoms with Crippen LogP contribution in [-0.2, 0) is 16.1 Å². The second-order valence-corrected chi connectivity index (χ2v) is 8.23. The van der Waals surface area contributed by atoms with Crippen molar-refractivity contribution in [2.75, 3.05) is 13.2 Å². The molecule has 5 rings (SSSR count). The van der Waals surface area contributed by atoms with Crippen LogP contribution in [0.3, 0.4) is 0 Å². The Balaban J connectivity index is 1.61. The third-order valence-corrected chi connectivity index (χ3v) is 6.01. The molecule has 7 nitrogen and oxygen atoms in total. The first-order chi connectivity index (χ1) is 15.9. The Kier molecular flexibility index (Phi) is 5.17. The van der Waals surface area contributed by atoms with Crippen LogP contribution in [-0.4, -0.2) is 34.9 Å². The van der Waals surface area contributed by atoms with Crippen LogP contribution in [0.1, 0.15) is 34.1 Å². The number of hydrogen-bond donors (Lipinski definition) is 1. The molecule has 33 heavy (non-hydrogen) atoms. The van der Waals surface area contributed by atoms with Gasteiger partial charge in [0.1, 0.15) is 30.8 Å². The fourth-order valence-corrected chi connectivity index (χ4v) is 4.29. The molecule has 0 bridgehead atoms. The average Bonchev–Trinajstić information content (AvgIpc) is 3.43. The molecule has 0 radical (unpaired) electrons. The number of rotatable bonds is 4. The van der Waals surface area contributed by atoms with Gasteiger partial charge in [-0.3, -0.25) is 9.59 Å². The van der Waals surface area contributed by atoms with Crippen molar-refractivity contribution in [3.8, 4) is 11.5 Å². The lowest BCUT2D eigenvalue weighted by Gasteiger charge is -2.24. The van der Waals surface area contributed by atoms with Crippen LogP contribution in [0.5, 0.6) is 11.5 Å². The summed E-state index contributed by atoms with van der Waals surface area (Å²) in [5.41, 5.74) is 3.33. The summed E-state index contributed by atoms with van der Waals surface area (Å²) >= 11 is 0. The number of aliphatic hydroxyl groups is 1.